The van der Waals surface area contributed by atoms with Gasteiger partial charge in [0.1, 0.15) is 68.8 Å². The van der Waals surface area contributed by atoms with Gasteiger partial charge in [0.2, 0.25) is 23.7 Å². The van der Waals surface area contributed by atoms with Crippen LogP contribution in [0, 0.1) is 13.8 Å². The number of hydrogen-bond donors (Lipinski definition) is 2. The number of benzene rings is 4. The quantitative estimate of drug-likeness (QED) is 0.101. The van der Waals surface area contributed by atoms with E-state index in [0.717, 1.165) is 39.1 Å². The first-order valence-corrected chi connectivity index (χ1v) is 26.0. The van der Waals surface area contributed by atoms with Crippen molar-refractivity contribution in [1.29, 1.82) is 0 Å². The van der Waals surface area contributed by atoms with Crippen LogP contribution in [0.2, 0.25) is 0 Å². The zero-order valence-corrected chi connectivity index (χ0v) is 44.5. The fourth-order valence-corrected chi connectivity index (χ4v) is 10.0. The fraction of sp³-hybridized carbons (Fsp3) is 0.250. The number of aryl methyl sites for hydroxylation is 3. The summed E-state index contributed by atoms with van der Waals surface area (Å²) in [4.78, 5) is 70.6. The first-order valence-electron chi connectivity index (χ1n) is 26.0. The van der Waals surface area contributed by atoms with Crippen LogP contribution in [0.1, 0.15) is 25.0 Å². The van der Waals surface area contributed by atoms with E-state index in [1.54, 1.807) is 38.8 Å². The number of fused-ring (bicyclic) bond motifs is 4. The van der Waals surface area contributed by atoms with Gasteiger partial charge in [-0.25, -0.2) is 49.2 Å². The molecule has 4 aromatic carbocycles. The highest BCUT2D eigenvalue weighted by molar-refractivity contribution is 5.90. The Morgan fingerprint density at radius 1 is 0.625 bits per heavy atom. The first kappa shape index (κ1) is 50.6. The van der Waals surface area contributed by atoms with Crippen LogP contribution in [0.4, 0.5) is 34.9 Å². The Labute approximate surface area is 457 Å². The van der Waals surface area contributed by atoms with Gasteiger partial charge in [0.15, 0.2) is 11.6 Å². The number of rotatable bonds is 14. The summed E-state index contributed by atoms with van der Waals surface area (Å²) in [5.74, 6) is 4.59. The molecule has 80 heavy (non-hydrogen) atoms. The lowest BCUT2D eigenvalue weighted by molar-refractivity contribution is -0.129. The Balaban J connectivity index is 0.644. The minimum atomic E-state index is -0.125. The zero-order valence-electron chi connectivity index (χ0n) is 44.5. The average molecular weight is 1070 g/mol. The van der Waals surface area contributed by atoms with Gasteiger partial charge >= 0.3 is 0 Å². The van der Waals surface area contributed by atoms with Gasteiger partial charge in [-0.15, -0.1) is 10.2 Å². The summed E-state index contributed by atoms with van der Waals surface area (Å²) >= 11 is 0. The van der Waals surface area contributed by atoms with Crippen LogP contribution >= 0.6 is 0 Å². The van der Waals surface area contributed by atoms with Gasteiger partial charge in [0.25, 0.3) is 0 Å². The summed E-state index contributed by atoms with van der Waals surface area (Å²) in [5, 5.41) is 23.9. The minimum Gasteiger partial charge on any atom is -0.457 e. The summed E-state index contributed by atoms with van der Waals surface area (Å²) in [7, 11) is 1.85. The number of piperazine rings is 2. The molecule has 2 saturated heterocycles. The lowest BCUT2D eigenvalue weighted by atomic mass is 10.2. The molecule has 0 radical (unpaired) electrons. The second kappa shape index (κ2) is 21.3. The highest BCUT2D eigenvalue weighted by atomic mass is 16.5. The number of amides is 2. The summed E-state index contributed by atoms with van der Waals surface area (Å²) in [5.41, 5.74) is 8.85. The lowest BCUT2D eigenvalue weighted by Crippen LogP contribution is -2.54. The van der Waals surface area contributed by atoms with Gasteiger partial charge in [0.05, 0.1) is 30.0 Å². The van der Waals surface area contributed by atoms with Crippen LogP contribution in [-0.2, 0) is 23.2 Å². The molecule has 0 spiro atoms. The number of carbonyl (C=O) groups excluding carboxylic acids is 2. The summed E-state index contributed by atoms with van der Waals surface area (Å²) < 4.78 is 16.0. The van der Waals surface area contributed by atoms with Crippen molar-refractivity contribution in [2.75, 3.05) is 59.7 Å². The van der Waals surface area contributed by atoms with E-state index >= 15 is 0 Å². The SMILES string of the molecule is C=CC(=O)N1CCN(c2ncc3ncnc(Nc4ccc(Oc5ccc6c(c5)nnn6C/C=C/C(=O)N5CCN(c6ncc7ncnc(Nc8ccc(Oc9ccc%10c(c9)nnn%10C)c(C)c8)c7n6)C[C@@H]5C)c(C)c4)c3n2)C[C@H]1C. The van der Waals surface area contributed by atoms with Crippen molar-refractivity contribution in [3.63, 3.8) is 0 Å². The largest absolute Gasteiger partial charge is 0.457 e. The molecule has 24 nitrogen and oxygen atoms in total. The first-order chi connectivity index (χ1) is 38.9. The molecular weight excluding hydrogens is 1020 g/mol. The standard InChI is InChI=1S/C56H54N20O4/c1-7-49(77)74-21-19-72(29-35(74)4)55-57-27-43-51(65-55)53(61-31-59-43)64-38-11-17-48(34(3)24-38)80-40-13-15-46-42(26-40)68-70-76(46)18-8-9-50(78)75-22-20-73(30-36(75)5)56-58-28-44-52(66-56)54(62-32-60-44)63-37-10-16-47(33(2)23-37)79-39-12-14-45-41(25-39)67-69-71(45)6/h7-17,23-28,31-32,35-36H,1,18-22,29-30H2,2-6H3,(H,59,61,64)(H,60,62,63)/b9-8+/t35-,36+/m1/s1. The molecule has 12 rings (SSSR count). The molecule has 0 aliphatic carbocycles. The molecule has 2 N–H and O–H groups in total. The molecule has 2 fully saturated rings. The van der Waals surface area contributed by atoms with E-state index < -0.39 is 0 Å². The second-order valence-electron chi connectivity index (χ2n) is 19.7. The molecule has 0 bridgehead atoms. The maximum absolute atomic E-state index is 13.6. The van der Waals surface area contributed by atoms with E-state index in [-0.39, 0.29) is 23.9 Å². The van der Waals surface area contributed by atoms with Crippen molar-refractivity contribution in [3.05, 3.63) is 134 Å². The number of carbonyl (C=O) groups is 2. The third kappa shape index (κ3) is 10.2. The van der Waals surface area contributed by atoms with E-state index in [9.17, 15) is 9.59 Å². The zero-order chi connectivity index (χ0) is 55.0. The number of allylic oxidation sites excluding steroid dienone is 1. The number of ether oxygens (including phenoxy) is 2. The van der Waals surface area contributed by atoms with Crippen molar-refractivity contribution in [2.45, 2.75) is 46.3 Å². The Morgan fingerprint density at radius 3 is 1.69 bits per heavy atom. The summed E-state index contributed by atoms with van der Waals surface area (Å²) in [6, 6.07) is 22.8. The molecule has 402 valence electrons. The van der Waals surface area contributed by atoms with Crippen molar-refractivity contribution in [2.24, 2.45) is 7.05 Å². The normalized spacial score (nSPS) is 15.8. The van der Waals surface area contributed by atoms with Gasteiger partial charge < -0.3 is 39.7 Å². The number of hydrogen-bond acceptors (Lipinski definition) is 20. The van der Waals surface area contributed by atoms with E-state index in [1.807, 2.05) is 112 Å². The monoisotopic (exact) mass is 1070 g/mol. The van der Waals surface area contributed by atoms with Crippen molar-refractivity contribution in [1.82, 2.24) is 79.7 Å². The molecule has 2 atom stereocenters. The molecule has 10 aromatic rings. The van der Waals surface area contributed by atoms with Crippen LogP contribution in [0.3, 0.4) is 0 Å². The maximum Gasteiger partial charge on any atom is 0.246 e. The fourth-order valence-electron chi connectivity index (χ4n) is 10.0. The van der Waals surface area contributed by atoms with Crippen LogP contribution in [-0.4, -0.2) is 143 Å². The van der Waals surface area contributed by atoms with Gasteiger partial charge in [0, 0.05) is 88.0 Å². The van der Waals surface area contributed by atoms with Crippen molar-refractivity contribution in [3.8, 4) is 23.0 Å². The Bertz CT molecular complexity index is 4070. The molecule has 2 amide bonds. The van der Waals surface area contributed by atoms with Crippen LogP contribution in [0.15, 0.2) is 123 Å². The number of anilines is 6. The molecule has 2 aliphatic rings. The van der Waals surface area contributed by atoms with Crippen molar-refractivity contribution < 1.29 is 19.1 Å². The summed E-state index contributed by atoms with van der Waals surface area (Å²) in [6.07, 6.45) is 11.1. The average Bonchev–Trinajstić information content (AvgIpc) is 4.12. The van der Waals surface area contributed by atoms with E-state index in [1.165, 1.54) is 18.7 Å². The minimum absolute atomic E-state index is 0.0303. The third-order valence-electron chi connectivity index (χ3n) is 14.2. The Kier molecular flexibility index (Phi) is 13.4. The van der Waals surface area contributed by atoms with Gasteiger partial charge in [-0.05, 0) is 106 Å². The lowest BCUT2D eigenvalue weighted by Gasteiger charge is -2.39. The Hall–Kier alpha value is -10.3. The molecular formula is C56H54N20O4. The van der Waals surface area contributed by atoms with E-state index in [4.69, 9.17) is 19.4 Å². The molecule has 8 heterocycles. The van der Waals surface area contributed by atoms with E-state index in [2.05, 4.69) is 77.5 Å². The number of aromatic nitrogens is 14. The smallest absolute Gasteiger partial charge is 0.246 e. The topological polar surface area (TPSA) is 254 Å². The summed E-state index contributed by atoms with van der Waals surface area (Å²) in [6.45, 7) is 15.2. The third-order valence-corrected chi connectivity index (χ3v) is 14.2. The van der Waals surface area contributed by atoms with E-state index in [0.29, 0.717) is 120 Å². The predicted molar refractivity (Wildman–Crippen MR) is 301 cm³/mol. The molecule has 2 aliphatic heterocycles. The molecule has 6 aromatic heterocycles. The Morgan fingerprint density at radius 2 is 1.15 bits per heavy atom. The highest BCUT2D eigenvalue weighted by Gasteiger charge is 2.30. The van der Waals surface area contributed by atoms with Gasteiger partial charge in [-0.3, -0.25) is 9.59 Å². The van der Waals surface area contributed by atoms with Crippen LogP contribution in [0.5, 0.6) is 23.0 Å². The van der Waals surface area contributed by atoms with Crippen molar-refractivity contribution >= 4 is 90.9 Å². The predicted octanol–water partition coefficient (Wildman–Crippen LogP) is 7.38. The molecule has 0 saturated carbocycles. The highest BCUT2D eigenvalue weighted by Crippen LogP contribution is 2.34. The molecule has 24 heteroatoms. The number of nitrogens with zero attached hydrogens (tertiary/aromatic N) is 18. The van der Waals surface area contributed by atoms with Gasteiger partial charge in [-0.2, -0.15) is 0 Å². The van der Waals surface area contributed by atoms with Gasteiger partial charge in [-0.1, -0.05) is 23.1 Å². The number of nitrogens with one attached hydrogen (secondary N) is 2. The second-order valence-corrected chi connectivity index (χ2v) is 19.7. The van der Waals surface area contributed by atoms with Crippen LogP contribution in [0.25, 0.3) is 44.1 Å². The molecule has 0 unspecified atom stereocenters. The van der Waals surface area contributed by atoms with Crippen LogP contribution < -0.4 is 29.9 Å². The maximum atomic E-state index is 13.6.